The van der Waals surface area contributed by atoms with E-state index in [-0.39, 0.29) is 32.3 Å². The topological polar surface area (TPSA) is 112 Å². The van der Waals surface area contributed by atoms with E-state index in [1.807, 2.05) is 6.07 Å². The molecule has 1 saturated heterocycles. The summed E-state index contributed by atoms with van der Waals surface area (Å²) in [7, 11) is -4.06. The molecule has 4 rings (SSSR count). The van der Waals surface area contributed by atoms with E-state index in [4.69, 9.17) is 24.6 Å². The number of fused-ring (bicyclic) bond motifs is 2. The molecular formula is C18H14BrFN2O5S. The van der Waals surface area contributed by atoms with Crippen molar-refractivity contribution in [2.24, 2.45) is 5.14 Å². The summed E-state index contributed by atoms with van der Waals surface area (Å²) in [5.41, 5.74) is 0.877. The fraction of sp³-hybridized carbons (Fsp3) is 0.278. The van der Waals surface area contributed by atoms with Crippen molar-refractivity contribution in [3.63, 3.8) is 0 Å². The smallest absolute Gasteiger partial charge is 0.238 e. The minimum absolute atomic E-state index is 0.0992. The number of hydrogen-bond donors (Lipinski definition) is 1. The lowest BCUT2D eigenvalue weighted by Gasteiger charge is -2.25. The van der Waals surface area contributed by atoms with Crippen molar-refractivity contribution in [1.82, 2.24) is 0 Å². The first-order valence-electron chi connectivity index (χ1n) is 8.24. The van der Waals surface area contributed by atoms with Crippen LogP contribution in [0.25, 0.3) is 0 Å². The van der Waals surface area contributed by atoms with E-state index in [0.29, 0.717) is 25.2 Å². The second kappa shape index (κ2) is 6.79. The number of sulfonamides is 1. The molecule has 7 nitrogen and oxygen atoms in total. The van der Waals surface area contributed by atoms with Gasteiger partial charge < -0.3 is 14.2 Å². The van der Waals surface area contributed by atoms with E-state index >= 15 is 0 Å². The number of primary sulfonamides is 1. The molecule has 1 fully saturated rings. The van der Waals surface area contributed by atoms with E-state index in [1.165, 1.54) is 18.2 Å². The Morgan fingerprint density at radius 1 is 1.29 bits per heavy atom. The highest BCUT2D eigenvalue weighted by molar-refractivity contribution is 9.09. The van der Waals surface area contributed by atoms with Crippen LogP contribution >= 0.6 is 15.9 Å². The molecule has 10 heteroatoms. The van der Waals surface area contributed by atoms with Crippen molar-refractivity contribution in [2.45, 2.75) is 21.9 Å². The monoisotopic (exact) mass is 468 g/mol. The molecule has 2 aliphatic rings. The summed E-state index contributed by atoms with van der Waals surface area (Å²) in [4.78, 5) is -0.461. The van der Waals surface area contributed by atoms with Gasteiger partial charge in [-0.15, -0.1) is 0 Å². The minimum Gasteiger partial charge on any atom is -0.457 e. The highest BCUT2D eigenvalue weighted by Gasteiger charge is 2.52. The van der Waals surface area contributed by atoms with Gasteiger partial charge in [0.1, 0.15) is 17.3 Å². The van der Waals surface area contributed by atoms with Crippen molar-refractivity contribution >= 4 is 26.0 Å². The Morgan fingerprint density at radius 3 is 2.64 bits per heavy atom. The minimum atomic E-state index is -4.06. The summed E-state index contributed by atoms with van der Waals surface area (Å²) in [6.45, 7) is 0.619. The van der Waals surface area contributed by atoms with Gasteiger partial charge in [0.15, 0.2) is 5.79 Å². The Balaban J connectivity index is 1.89. The molecule has 0 amide bonds. The number of alkyl halides is 1. The molecule has 146 valence electrons. The molecule has 1 heterocycles. The fourth-order valence-electron chi connectivity index (χ4n) is 3.58. The molecule has 2 aromatic rings. The standard InChI is InChI=1S/C18H14BrFN2O5S/c19-13-8-18(25-3-4-26-18)17-15(28(22,23)24)2-1-14(16(13)17)27-12-6-10(9-21)5-11(20)7-12/h1-2,5-7,13H,3-4,8H2,(H2,22,23,24). The van der Waals surface area contributed by atoms with Gasteiger partial charge in [-0.05, 0) is 24.3 Å². The Hall–Kier alpha value is -2.03. The predicted molar refractivity (Wildman–Crippen MR) is 98.9 cm³/mol. The van der Waals surface area contributed by atoms with Crippen LogP contribution in [-0.4, -0.2) is 21.6 Å². The number of benzene rings is 2. The Morgan fingerprint density at radius 2 is 2.00 bits per heavy atom. The van der Waals surface area contributed by atoms with Crippen LogP contribution in [0.2, 0.25) is 0 Å². The summed E-state index contributed by atoms with van der Waals surface area (Å²) in [5, 5.41) is 14.4. The van der Waals surface area contributed by atoms with Gasteiger partial charge >= 0.3 is 0 Å². The van der Waals surface area contributed by atoms with E-state index in [1.54, 1.807) is 0 Å². The lowest BCUT2D eigenvalue weighted by Crippen LogP contribution is -2.27. The van der Waals surface area contributed by atoms with Gasteiger partial charge in [0.2, 0.25) is 10.0 Å². The van der Waals surface area contributed by atoms with Crippen molar-refractivity contribution in [3.05, 3.63) is 52.8 Å². The molecule has 28 heavy (non-hydrogen) atoms. The number of nitriles is 1. The third-order valence-electron chi connectivity index (χ3n) is 4.60. The van der Waals surface area contributed by atoms with Crippen LogP contribution in [-0.2, 0) is 25.3 Å². The van der Waals surface area contributed by atoms with E-state index < -0.39 is 21.6 Å². The van der Waals surface area contributed by atoms with Crippen LogP contribution in [0.15, 0.2) is 35.2 Å². The van der Waals surface area contributed by atoms with Gasteiger partial charge in [-0.3, -0.25) is 0 Å². The van der Waals surface area contributed by atoms with Crippen LogP contribution < -0.4 is 9.88 Å². The van der Waals surface area contributed by atoms with Gasteiger partial charge in [0, 0.05) is 28.4 Å². The molecule has 2 aromatic carbocycles. The van der Waals surface area contributed by atoms with Gasteiger partial charge in [0.25, 0.3) is 0 Å². The van der Waals surface area contributed by atoms with E-state index in [0.717, 1.165) is 12.1 Å². The lowest BCUT2D eigenvalue weighted by molar-refractivity contribution is -0.164. The third-order valence-corrected chi connectivity index (χ3v) is 6.33. The number of hydrogen-bond acceptors (Lipinski definition) is 6. The van der Waals surface area contributed by atoms with E-state index in [9.17, 15) is 12.8 Å². The number of nitrogens with two attached hydrogens (primary N) is 1. The predicted octanol–water partition coefficient (Wildman–Crippen LogP) is 3.18. The highest BCUT2D eigenvalue weighted by Crippen LogP contribution is 2.57. The SMILES string of the molecule is N#Cc1cc(F)cc(Oc2ccc(S(N)(=O)=O)c3c2C(Br)CC32OCCO2)c1. The van der Waals surface area contributed by atoms with Gasteiger partial charge in [0.05, 0.1) is 29.7 Å². The first kappa shape index (κ1) is 19.3. The van der Waals surface area contributed by atoms with Gasteiger partial charge in [-0.2, -0.15) is 5.26 Å². The zero-order valence-electron chi connectivity index (χ0n) is 14.3. The zero-order valence-corrected chi connectivity index (χ0v) is 16.7. The molecule has 2 N–H and O–H groups in total. The summed E-state index contributed by atoms with van der Waals surface area (Å²) >= 11 is 3.53. The highest BCUT2D eigenvalue weighted by atomic mass is 79.9. The number of ether oxygens (including phenoxy) is 3. The van der Waals surface area contributed by atoms with E-state index in [2.05, 4.69) is 15.9 Å². The maximum absolute atomic E-state index is 13.8. The Kier molecular flexibility index (Phi) is 4.68. The average molecular weight is 469 g/mol. The van der Waals surface area contributed by atoms with Crippen LogP contribution in [0.5, 0.6) is 11.5 Å². The molecule has 0 aromatic heterocycles. The van der Waals surface area contributed by atoms with Crippen LogP contribution in [0, 0.1) is 17.1 Å². The third kappa shape index (κ3) is 3.19. The largest absolute Gasteiger partial charge is 0.457 e. The number of nitrogens with zero attached hydrogens (tertiary/aromatic N) is 1. The maximum atomic E-state index is 13.8. The quantitative estimate of drug-likeness (QED) is 0.692. The average Bonchev–Trinajstić information content (AvgIpc) is 3.19. The van der Waals surface area contributed by atoms with Crippen molar-refractivity contribution in [1.29, 1.82) is 5.26 Å². The second-order valence-electron chi connectivity index (χ2n) is 6.41. The van der Waals surface area contributed by atoms with Crippen molar-refractivity contribution in [2.75, 3.05) is 13.2 Å². The molecular weight excluding hydrogens is 455 g/mol. The van der Waals surface area contributed by atoms with Gasteiger partial charge in [-0.1, -0.05) is 15.9 Å². The molecule has 1 spiro atoms. The second-order valence-corrected chi connectivity index (χ2v) is 9.04. The fourth-order valence-corrected chi connectivity index (χ4v) is 5.27. The Bertz CT molecular complexity index is 1110. The van der Waals surface area contributed by atoms with Gasteiger partial charge in [-0.25, -0.2) is 17.9 Å². The van der Waals surface area contributed by atoms with Crippen LogP contribution in [0.3, 0.4) is 0 Å². The Labute approximate surface area is 169 Å². The molecule has 1 aliphatic carbocycles. The normalized spacial score (nSPS) is 20.1. The van der Waals surface area contributed by atoms with Crippen LogP contribution in [0.1, 0.15) is 27.9 Å². The molecule has 1 unspecified atom stereocenters. The summed E-state index contributed by atoms with van der Waals surface area (Å²) in [6, 6.07) is 8.22. The van der Waals surface area contributed by atoms with Crippen molar-refractivity contribution < 1.29 is 27.0 Å². The maximum Gasteiger partial charge on any atom is 0.238 e. The first-order valence-corrected chi connectivity index (χ1v) is 10.7. The molecule has 1 atom stereocenters. The summed E-state index contributed by atoms with van der Waals surface area (Å²) in [6.07, 6.45) is 0.317. The van der Waals surface area contributed by atoms with Crippen LogP contribution in [0.4, 0.5) is 4.39 Å². The number of rotatable bonds is 3. The molecule has 0 bridgehead atoms. The molecule has 0 radical (unpaired) electrons. The first-order chi connectivity index (χ1) is 13.2. The number of halogens is 2. The molecule has 1 aliphatic heterocycles. The van der Waals surface area contributed by atoms with Crippen molar-refractivity contribution in [3.8, 4) is 17.6 Å². The zero-order chi connectivity index (χ0) is 20.1. The lowest BCUT2D eigenvalue weighted by atomic mass is 10.1. The summed E-state index contributed by atoms with van der Waals surface area (Å²) in [5.74, 6) is -1.48. The molecule has 0 saturated carbocycles. The summed E-state index contributed by atoms with van der Waals surface area (Å²) < 4.78 is 55.4.